The van der Waals surface area contributed by atoms with Gasteiger partial charge in [-0.3, -0.25) is 5.10 Å². The minimum Gasteiger partial charge on any atom is -0.327 e. The molecular weight excluding hydrogens is 238 g/mol. The van der Waals surface area contributed by atoms with Gasteiger partial charge >= 0.3 is 0 Å². The van der Waals surface area contributed by atoms with Gasteiger partial charge in [-0.2, -0.15) is 5.10 Å². The second kappa shape index (κ2) is 4.81. The van der Waals surface area contributed by atoms with Crippen LogP contribution in [-0.4, -0.2) is 32.8 Å². The largest absolute Gasteiger partial charge is 0.327 e. The third-order valence-electron chi connectivity index (χ3n) is 4.41. The van der Waals surface area contributed by atoms with Crippen LogP contribution in [0, 0.1) is 0 Å². The van der Waals surface area contributed by atoms with E-state index >= 15 is 0 Å². The number of nitrogens with zero attached hydrogens (tertiary/aromatic N) is 3. The molecule has 1 atom stereocenters. The van der Waals surface area contributed by atoms with E-state index in [9.17, 15) is 0 Å². The van der Waals surface area contributed by atoms with Gasteiger partial charge in [-0.1, -0.05) is 6.92 Å². The average Bonchev–Trinajstić information content (AvgIpc) is 3.10. The molecule has 0 aliphatic carbocycles. The summed E-state index contributed by atoms with van der Waals surface area (Å²) in [6.07, 6.45) is 10.1. The lowest BCUT2D eigenvalue weighted by molar-refractivity contribution is 0.314. The standard InChI is InChI=1S/C14H21N5/c1-11(12-7-17-18-8-12)19-10-16-9-13(19)14(2)3-5-15-6-4-14/h7-11,15H,3-6H2,1-2H3,(H,17,18). The van der Waals surface area contributed by atoms with Crippen LogP contribution in [0.25, 0.3) is 0 Å². The number of nitrogens with one attached hydrogen (secondary N) is 2. The molecule has 2 aromatic heterocycles. The van der Waals surface area contributed by atoms with E-state index in [4.69, 9.17) is 0 Å². The molecule has 1 unspecified atom stereocenters. The van der Waals surface area contributed by atoms with Gasteiger partial charge in [0.05, 0.1) is 18.6 Å². The third-order valence-corrected chi connectivity index (χ3v) is 4.41. The minimum atomic E-state index is 0.222. The molecule has 5 heteroatoms. The molecule has 1 fully saturated rings. The molecular formula is C14H21N5. The van der Waals surface area contributed by atoms with Crippen LogP contribution in [0.5, 0.6) is 0 Å². The van der Waals surface area contributed by atoms with Crippen molar-refractivity contribution in [1.82, 2.24) is 25.1 Å². The lowest BCUT2D eigenvalue weighted by Gasteiger charge is -2.35. The molecule has 0 aromatic carbocycles. The highest BCUT2D eigenvalue weighted by Crippen LogP contribution is 2.34. The first-order valence-corrected chi connectivity index (χ1v) is 6.92. The van der Waals surface area contributed by atoms with Gasteiger partial charge in [0.1, 0.15) is 0 Å². The maximum atomic E-state index is 4.39. The van der Waals surface area contributed by atoms with Gasteiger partial charge in [0.2, 0.25) is 0 Å². The SMILES string of the molecule is CC(c1cn[nH]c1)n1cncc1C1(C)CCNCC1. The molecule has 0 spiro atoms. The number of hydrogen-bond acceptors (Lipinski definition) is 3. The zero-order valence-corrected chi connectivity index (χ0v) is 11.6. The van der Waals surface area contributed by atoms with E-state index in [2.05, 4.69) is 38.9 Å². The number of rotatable bonds is 3. The predicted octanol–water partition coefficient (Wildman–Crippen LogP) is 1.86. The monoisotopic (exact) mass is 259 g/mol. The van der Waals surface area contributed by atoms with Crippen molar-refractivity contribution in [2.45, 2.75) is 38.1 Å². The second-order valence-electron chi connectivity index (χ2n) is 5.70. The highest BCUT2D eigenvalue weighted by Gasteiger charge is 2.32. The Morgan fingerprint density at radius 3 is 2.79 bits per heavy atom. The van der Waals surface area contributed by atoms with Crippen molar-refractivity contribution in [3.8, 4) is 0 Å². The molecule has 1 aliphatic heterocycles. The van der Waals surface area contributed by atoms with Crippen LogP contribution >= 0.6 is 0 Å². The van der Waals surface area contributed by atoms with Crippen molar-refractivity contribution in [3.05, 3.63) is 36.2 Å². The van der Waals surface area contributed by atoms with Crippen LogP contribution in [0.1, 0.15) is 44.0 Å². The summed E-state index contributed by atoms with van der Waals surface area (Å²) >= 11 is 0. The molecule has 5 nitrogen and oxygen atoms in total. The lowest BCUT2D eigenvalue weighted by atomic mass is 9.78. The van der Waals surface area contributed by atoms with Gasteiger partial charge in [0.25, 0.3) is 0 Å². The molecule has 0 bridgehead atoms. The van der Waals surface area contributed by atoms with E-state index < -0.39 is 0 Å². The average molecular weight is 259 g/mol. The molecule has 3 heterocycles. The third kappa shape index (κ3) is 2.18. The van der Waals surface area contributed by atoms with Gasteiger partial charge in [-0.25, -0.2) is 4.98 Å². The summed E-state index contributed by atoms with van der Waals surface area (Å²) in [6.45, 7) is 6.72. The van der Waals surface area contributed by atoms with Crippen molar-refractivity contribution < 1.29 is 0 Å². The molecule has 3 rings (SSSR count). The van der Waals surface area contributed by atoms with E-state index in [1.807, 2.05) is 24.9 Å². The van der Waals surface area contributed by atoms with Crippen LogP contribution < -0.4 is 5.32 Å². The summed E-state index contributed by atoms with van der Waals surface area (Å²) in [7, 11) is 0. The zero-order chi connectivity index (χ0) is 13.3. The van der Waals surface area contributed by atoms with Crippen LogP contribution in [0.2, 0.25) is 0 Å². The maximum absolute atomic E-state index is 4.39. The lowest BCUT2D eigenvalue weighted by Crippen LogP contribution is -2.39. The van der Waals surface area contributed by atoms with Crippen LogP contribution in [0.3, 0.4) is 0 Å². The van der Waals surface area contributed by atoms with E-state index in [1.165, 1.54) is 11.3 Å². The zero-order valence-electron chi connectivity index (χ0n) is 11.6. The summed E-state index contributed by atoms with van der Waals surface area (Å²) in [5, 5.41) is 10.4. The maximum Gasteiger partial charge on any atom is 0.0954 e. The van der Waals surface area contributed by atoms with E-state index in [0.29, 0.717) is 0 Å². The summed E-state index contributed by atoms with van der Waals surface area (Å²) in [5.74, 6) is 0. The number of aromatic amines is 1. The number of imidazole rings is 1. The number of piperidine rings is 1. The van der Waals surface area contributed by atoms with Crippen molar-refractivity contribution in [2.75, 3.05) is 13.1 Å². The Morgan fingerprint density at radius 2 is 2.11 bits per heavy atom. The Bertz CT molecular complexity index is 522. The fraction of sp³-hybridized carbons (Fsp3) is 0.571. The van der Waals surface area contributed by atoms with E-state index in [1.54, 1.807) is 0 Å². The van der Waals surface area contributed by atoms with E-state index in [0.717, 1.165) is 25.9 Å². The first-order chi connectivity index (χ1) is 9.21. The fourth-order valence-electron chi connectivity index (χ4n) is 2.97. The molecule has 1 aliphatic rings. The Labute approximate surface area is 113 Å². The Morgan fingerprint density at radius 1 is 1.32 bits per heavy atom. The topological polar surface area (TPSA) is 58.5 Å². The first kappa shape index (κ1) is 12.4. The predicted molar refractivity (Wildman–Crippen MR) is 74.1 cm³/mol. The Kier molecular flexibility index (Phi) is 3.14. The molecule has 19 heavy (non-hydrogen) atoms. The summed E-state index contributed by atoms with van der Waals surface area (Å²) in [6, 6.07) is 0.267. The number of aromatic nitrogens is 4. The van der Waals surface area contributed by atoms with Crippen molar-refractivity contribution in [1.29, 1.82) is 0 Å². The summed E-state index contributed by atoms with van der Waals surface area (Å²) in [5.41, 5.74) is 2.75. The summed E-state index contributed by atoms with van der Waals surface area (Å²) in [4.78, 5) is 4.39. The number of hydrogen-bond donors (Lipinski definition) is 2. The van der Waals surface area contributed by atoms with Crippen molar-refractivity contribution in [3.63, 3.8) is 0 Å². The van der Waals surface area contributed by atoms with Gasteiger partial charge in [-0.05, 0) is 32.9 Å². The summed E-state index contributed by atoms with van der Waals surface area (Å²) < 4.78 is 2.29. The molecule has 1 saturated heterocycles. The quantitative estimate of drug-likeness (QED) is 0.884. The molecule has 0 radical (unpaired) electrons. The molecule has 102 valence electrons. The van der Waals surface area contributed by atoms with Gasteiger partial charge < -0.3 is 9.88 Å². The van der Waals surface area contributed by atoms with Gasteiger partial charge in [0.15, 0.2) is 0 Å². The van der Waals surface area contributed by atoms with Crippen LogP contribution in [0.15, 0.2) is 24.9 Å². The second-order valence-corrected chi connectivity index (χ2v) is 5.70. The number of H-pyrrole nitrogens is 1. The molecule has 0 amide bonds. The van der Waals surface area contributed by atoms with Crippen molar-refractivity contribution in [2.24, 2.45) is 0 Å². The van der Waals surface area contributed by atoms with Gasteiger partial charge in [0, 0.05) is 29.1 Å². The first-order valence-electron chi connectivity index (χ1n) is 6.92. The fourth-order valence-corrected chi connectivity index (χ4v) is 2.97. The Hall–Kier alpha value is -1.62. The molecule has 2 N–H and O–H groups in total. The van der Waals surface area contributed by atoms with E-state index in [-0.39, 0.29) is 11.5 Å². The van der Waals surface area contributed by atoms with Crippen LogP contribution in [-0.2, 0) is 5.41 Å². The smallest absolute Gasteiger partial charge is 0.0954 e. The highest BCUT2D eigenvalue weighted by atomic mass is 15.1. The molecule has 2 aromatic rings. The minimum absolute atomic E-state index is 0.222. The highest BCUT2D eigenvalue weighted by molar-refractivity contribution is 5.20. The molecule has 0 saturated carbocycles. The normalized spacial score (nSPS) is 20.3. The van der Waals surface area contributed by atoms with Crippen molar-refractivity contribution >= 4 is 0 Å². The van der Waals surface area contributed by atoms with Crippen LogP contribution in [0.4, 0.5) is 0 Å². The Balaban J connectivity index is 1.94. The van der Waals surface area contributed by atoms with Gasteiger partial charge in [-0.15, -0.1) is 0 Å².